The van der Waals surface area contributed by atoms with Crippen LogP contribution in [0.1, 0.15) is 45.5 Å². The van der Waals surface area contributed by atoms with Crippen LogP contribution in [0.4, 0.5) is 0 Å². The molecule has 1 aromatic carbocycles. The predicted molar refractivity (Wildman–Crippen MR) is 80.8 cm³/mol. The zero-order valence-corrected chi connectivity index (χ0v) is 13.5. The first-order chi connectivity index (χ1) is 11.5. The zero-order valence-electron chi connectivity index (χ0n) is 13.5. The standard InChI is InChI=1S/C16H20O8/c1-21-15(19)12-9(8-24-11-5-3-4-6-23-11)7-10(17)13(14(12)18)16(20)22-2/h7,11,17-18H,3-6,8H2,1-2H3. The average molecular weight is 340 g/mol. The van der Waals surface area contributed by atoms with Crippen LogP contribution in [0, 0.1) is 0 Å². The zero-order chi connectivity index (χ0) is 17.7. The van der Waals surface area contributed by atoms with Crippen LogP contribution >= 0.6 is 0 Å². The highest BCUT2D eigenvalue weighted by atomic mass is 16.7. The Hall–Kier alpha value is -2.32. The molecule has 0 radical (unpaired) electrons. The lowest BCUT2D eigenvalue weighted by Gasteiger charge is -2.23. The predicted octanol–water partition coefficient (Wildman–Crippen LogP) is 1.71. The fraction of sp³-hybridized carbons (Fsp3) is 0.500. The third-order valence-corrected chi connectivity index (χ3v) is 3.70. The van der Waals surface area contributed by atoms with E-state index in [9.17, 15) is 19.8 Å². The van der Waals surface area contributed by atoms with Crippen molar-refractivity contribution in [2.45, 2.75) is 32.2 Å². The molecule has 0 amide bonds. The number of methoxy groups -OCH3 is 2. The highest BCUT2D eigenvalue weighted by molar-refractivity contribution is 6.02. The van der Waals surface area contributed by atoms with Crippen molar-refractivity contribution >= 4 is 11.9 Å². The van der Waals surface area contributed by atoms with Crippen LogP contribution in [0.25, 0.3) is 0 Å². The summed E-state index contributed by atoms with van der Waals surface area (Å²) in [6, 6.07) is 1.17. The number of hydrogen-bond acceptors (Lipinski definition) is 8. The molecule has 1 heterocycles. The van der Waals surface area contributed by atoms with Crippen LogP contribution in [0.3, 0.4) is 0 Å². The number of carbonyl (C=O) groups is 2. The lowest BCUT2D eigenvalue weighted by atomic mass is 10.0. The summed E-state index contributed by atoms with van der Waals surface area (Å²) in [6.07, 6.45) is 2.22. The third kappa shape index (κ3) is 3.77. The molecule has 24 heavy (non-hydrogen) atoms. The summed E-state index contributed by atoms with van der Waals surface area (Å²) in [5.41, 5.74) is -0.583. The number of carbonyl (C=O) groups excluding carboxylic acids is 2. The normalized spacial score (nSPS) is 17.3. The second-order valence-corrected chi connectivity index (χ2v) is 5.24. The molecule has 0 saturated carbocycles. The number of phenols is 2. The van der Waals surface area contributed by atoms with Gasteiger partial charge in [-0.15, -0.1) is 0 Å². The Morgan fingerprint density at radius 2 is 1.83 bits per heavy atom. The molecule has 8 heteroatoms. The van der Waals surface area contributed by atoms with Gasteiger partial charge in [-0.2, -0.15) is 0 Å². The molecular weight excluding hydrogens is 320 g/mol. The van der Waals surface area contributed by atoms with Gasteiger partial charge in [-0.25, -0.2) is 9.59 Å². The van der Waals surface area contributed by atoms with Crippen molar-refractivity contribution in [1.29, 1.82) is 0 Å². The van der Waals surface area contributed by atoms with Gasteiger partial charge in [0.15, 0.2) is 6.29 Å². The fourth-order valence-corrected chi connectivity index (χ4v) is 2.48. The number of esters is 2. The Bertz CT molecular complexity index is 619. The molecule has 0 aliphatic carbocycles. The monoisotopic (exact) mass is 340 g/mol. The molecule has 1 atom stereocenters. The summed E-state index contributed by atoms with van der Waals surface area (Å²) in [4.78, 5) is 23.7. The van der Waals surface area contributed by atoms with E-state index in [0.717, 1.165) is 27.1 Å². The topological polar surface area (TPSA) is 112 Å². The molecule has 0 spiro atoms. The van der Waals surface area contributed by atoms with Crippen molar-refractivity contribution < 1.29 is 38.7 Å². The van der Waals surface area contributed by atoms with Crippen molar-refractivity contribution in [1.82, 2.24) is 0 Å². The van der Waals surface area contributed by atoms with Gasteiger partial charge in [0.1, 0.15) is 22.6 Å². The van der Waals surface area contributed by atoms with Crippen molar-refractivity contribution in [3.63, 3.8) is 0 Å². The molecule has 1 aliphatic heterocycles. The number of ether oxygens (including phenoxy) is 4. The first-order valence-electron chi connectivity index (χ1n) is 7.47. The molecule has 1 aliphatic rings. The second-order valence-electron chi connectivity index (χ2n) is 5.24. The maximum atomic E-state index is 12.0. The molecule has 1 fully saturated rings. The first kappa shape index (κ1) is 18.0. The highest BCUT2D eigenvalue weighted by Gasteiger charge is 2.28. The van der Waals surface area contributed by atoms with Crippen LogP contribution in [0.2, 0.25) is 0 Å². The van der Waals surface area contributed by atoms with E-state index in [1.807, 2.05) is 0 Å². The Balaban J connectivity index is 2.34. The summed E-state index contributed by atoms with van der Waals surface area (Å²) in [6.45, 7) is 0.490. The number of benzene rings is 1. The first-order valence-corrected chi connectivity index (χ1v) is 7.47. The van der Waals surface area contributed by atoms with Crippen molar-refractivity contribution in [2.24, 2.45) is 0 Å². The largest absolute Gasteiger partial charge is 0.507 e. The van der Waals surface area contributed by atoms with Gasteiger partial charge in [0, 0.05) is 6.61 Å². The van der Waals surface area contributed by atoms with Gasteiger partial charge in [0.2, 0.25) is 0 Å². The minimum Gasteiger partial charge on any atom is -0.507 e. The minimum absolute atomic E-state index is 0.0995. The van der Waals surface area contributed by atoms with Crippen LogP contribution in [0.15, 0.2) is 6.07 Å². The molecule has 0 bridgehead atoms. The lowest BCUT2D eigenvalue weighted by Crippen LogP contribution is -2.22. The van der Waals surface area contributed by atoms with E-state index in [2.05, 4.69) is 9.47 Å². The molecule has 2 rings (SSSR count). The van der Waals surface area contributed by atoms with Gasteiger partial charge in [-0.05, 0) is 30.9 Å². The van der Waals surface area contributed by atoms with Gasteiger partial charge in [0.05, 0.1) is 20.8 Å². The Morgan fingerprint density at radius 1 is 1.17 bits per heavy atom. The fourth-order valence-electron chi connectivity index (χ4n) is 2.48. The minimum atomic E-state index is -0.974. The number of rotatable bonds is 5. The van der Waals surface area contributed by atoms with E-state index in [4.69, 9.17) is 9.47 Å². The number of phenolic OH excluding ortho intramolecular Hbond substituents is 2. The van der Waals surface area contributed by atoms with Crippen molar-refractivity contribution in [3.8, 4) is 11.5 Å². The van der Waals surface area contributed by atoms with Crippen molar-refractivity contribution in [2.75, 3.05) is 20.8 Å². The van der Waals surface area contributed by atoms with E-state index < -0.39 is 35.3 Å². The summed E-state index contributed by atoms with van der Waals surface area (Å²) < 4.78 is 20.1. The van der Waals surface area contributed by atoms with Crippen LogP contribution in [-0.2, 0) is 25.6 Å². The summed E-state index contributed by atoms with van der Waals surface area (Å²) in [7, 11) is 2.23. The molecule has 1 unspecified atom stereocenters. The SMILES string of the molecule is COC(=O)c1c(O)cc(COC2CCCCO2)c(C(=O)OC)c1O. The van der Waals surface area contributed by atoms with E-state index in [1.54, 1.807) is 0 Å². The van der Waals surface area contributed by atoms with E-state index in [-0.39, 0.29) is 17.7 Å². The Kier molecular flexibility index (Phi) is 5.99. The maximum absolute atomic E-state index is 12.0. The van der Waals surface area contributed by atoms with E-state index in [1.165, 1.54) is 6.07 Å². The number of hydrogen-bond donors (Lipinski definition) is 2. The van der Waals surface area contributed by atoms with Crippen LogP contribution in [-0.4, -0.2) is 49.3 Å². The Labute approximate surface area is 138 Å². The molecule has 132 valence electrons. The van der Waals surface area contributed by atoms with Gasteiger partial charge >= 0.3 is 11.9 Å². The summed E-state index contributed by atoms with van der Waals surface area (Å²) in [5.74, 6) is -3.06. The molecule has 1 saturated heterocycles. The van der Waals surface area contributed by atoms with E-state index in [0.29, 0.717) is 13.0 Å². The molecule has 8 nitrogen and oxygen atoms in total. The Morgan fingerprint density at radius 3 is 2.42 bits per heavy atom. The highest BCUT2D eigenvalue weighted by Crippen LogP contribution is 2.35. The van der Waals surface area contributed by atoms with Gasteiger partial charge in [-0.1, -0.05) is 0 Å². The average Bonchev–Trinajstić information content (AvgIpc) is 2.59. The summed E-state index contributed by atoms with van der Waals surface area (Å²) >= 11 is 0. The second kappa shape index (κ2) is 7.98. The van der Waals surface area contributed by atoms with E-state index >= 15 is 0 Å². The van der Waals surface area contributed by atoms with Gasteiger partial charge in [-0.3, -0.25) is 0 Å². The summed E-state index contributed by atoms with van der Waals surface area (Å²) in [5, 5.41) is 20.2. The smallest absolute Gasteiger partial charge is 0.345 e. The van der Waals surface area contributed by atoms with Crippen LogP contribution < -0.4 is 0 Å². The number of aromatic hydroxyl groups is 2. The third-order valence-electron chi connectivity index (χ3n) is 3.70. The van der Waals surface area contributed by atoms with Gasteiger partial charge < -0.3 is 29.2 Å². The maximum Gasteiger partial charge on any atom is 0.345 e. The van der Waals surface area contributed by atoms with Crippen LogP contribution in [0.5, 0.6) is 11.5 Å². The molecule has 0 aromatic heterocycles. The lowest BCUT2D eigenvalue weighted by molar-refractivity contribution is -0.169. The molecule has 1 aromatic rings. The van der Waals surface area contributed by atoms with Crippen molar-refractivity contribution in [3.05, 3.63) is 22.8 Å². The molecular formula is C16H20O8. The quantitative estimate of drug-likeness (QED) is 0.779. The van der Waals surface area contributed by atoms with Gasteiger partial charge in [0.25, 0.3) is 0 Å². The molecule has 2 N–H and O–H groups in total.